The van der Waals surface area contributed by atoms with Crippen LogP contribution in [0.2, 0.25) is 0 Å². The molecule has 0 saturated carbocycles. The molecule has 0 amide bonds. The number of pyridine rings is 1. The van der Waals surface area contributed by atoms with Crippen LogP contribution in [0, 0.1) is 0 Å². The summed E-state index contributed by atoms with van der Waals surface area (Å²) in [5, 5.41) is 3.89. The molecule has 20 heavy (non-hydrogen) atoms. The van der Waals surface area contributed by atoms with Gasteiger partial charge >= 0.3 is 0 Å². The van der Waals surface area contributed by atoms with E-state index >= 15 is 0 Å². The van der Waals surface area contributed by atoms with Crippen molar-refractivity contribution in [2.75, 3.05) is 5.75 Å². The van der Waals surface area contributed by atoms with Gasteiger partial charge in [-0.05, 0) is 25.0 Å². The first-order valence-corrected chi connectivity index (χ1v) is 8.32. The summed E-state index contributed by atoms with van der Waals surface area (Å²) in [4.78, 5) is 15.0. The average molecular weight is 293 g/mol. The molecule has 0 aliphatic carbocycles. The quantitative estimate of drug-likeness (QED) is 0.790. The van der Waals surface area contributed by atoms with Crippen LogP contribution in [0.4, 0.5) is 0 Å². The Balaban J connectivity index is 1.89. The highest BCUT2D eigenvalue weighted by Gasteiger charge is 2.30. The summed E-state index contributed by atoms with van der Waals surface area (Å²) in [6.07, 6.45) is 5.05. The fraction of sp³-hybridized carbons (Fsp3) is 0.462. The fourth-order valence-electron chi connectivity index (χ4n) is 2.56. The van der Waals surface area contributed by atoms with Gasteiger partial charge in [-0.1, -0.05) is 6.42 Å². The number of carbonyl (C=O) groups is 1. The molecule has 3 rings (SSSR count). The molecule has 2 aromatic heterocycles. The van der Waals surface area contributed by atoms with Crippen LogP contribution in [-0.4, -0.2) is 40.3 Å². The minimum absolute atomic E-state index is 0.264. The first kappa shape index (κ1) is 13.2. The molecule has 0 bridgehead atoms. The van der Waals surface area contributed by atoms with Gasteiger partial charge in [0.25, 0.3) is 0 Å². The molecule has 1 aliphatic heterocycles. The average Bonchev–Trinajstić information content (AvgIpc) is 2.82. The van der Waals surface area contributed by atoms with Gasteiger partial charge in [0.1, 0.15) is 0 Å². The van der Waals surface area contributed by atoms with Gasteiger partial charge in [-0.25, -0.2) is 17.9 Å². The van der Waals surface area contributed by atoms with Crippen LogP contribution in [0.3, 0.4) is 0 Å². The van der Waals surface area contributed by atoms with Crippen LogP contribution in [-0.2, 0) is 16.3 Å². The lowest BCUT2D eigenvalue weighted by Crippen LogP contribution is -2.30. The highest BCUT2D eigenvalue weighted by molar-refractivity contribution is 7.92. The summed E-state index contributed by atoms with van der Waals surface area (Å²) in [6, 6.07) is 3.37. The monoisotopic (exact) mass is 293 g/mol. The number of carbonyl (C=O) groups excluding carboxylic acids is 1. The Morgan fingerprint density at radius 2 is 2.20 bits per heavy atom. The molecule has 2 aromatic rings. The van der Waals surface area contributed by atoms with E-state index in [0.29, 0.717) is 29.9 Å². The van der Waals surface area contributed by atoms with Gasteiger partial charge in [0.2, 0.25) is 0 Å². The lowest BCUT2D eigenvalue weighted by Gasteiger charge is -2.20. The van der Waals surface area contributed by atoms with Gasteiger partial charge in [-0.2, -0.15) is 5.10 Å². The predicted molar refractivity (Wildman–Crippen MR) is 73.5 cm³/mol. The molecule has 1 saturated heterocycles. The Morgan fingerprint density at radius 1 is 1.35 bits per heavy atom. The third-order valence-electron chi connectivity index (χ3n) is 3.66. The van der Waals surface area contributed by atoms with Crippen molar-refractivity contribution in [2.45, 2.75) is 30.9 Å². The summed E-state index contributed by atoms with van der Waals surface area (Å²) >= 11 is 0. The van der Waals surface area contributed by atoms with Crippen molar-refractivity contribution in [2.24, 2.45) is 0 Å². The molecule has 0 spiro atoms. The van der Waals surface area contributed by atoms with Gasteiger partial charge in [-0.15, -0.1) is 0 Å². The Bertz CT molecular complexity index is 751. The fourth-order valence-corrected chi connectivity index (χ4v) is 4.42. The van der Waals surface area contributed by atoms with Crippen LogP contribution in [0.25, 0.3) is 5.65 Å². The van der Waals surface area contributed by atoms with E-state index in [0.717, 1.165) is 19.1 Å². The van der Waals surface area contributed by atoms with Crippen LogP contribution in [0.15, 0.2) is 18.3 Å². The van der Waals surface area contributed by atoms with Gasteiger partial charge < -0.3 is 0 Å². The SMILES string of the molecule is O=Cc1ccc2nc(CC3CCCCS3(=O)=O)nn2c1. The third kappa shape index (κ3) is 2.45. The Kier molecular flexibility index (Phi) is 3.29. The van der Waals surface area contributed by atoms with E-state index in [1.807, 2.05) is 0 Å². The molecule has 7 heteroatoms. The molecule has 1 unspecified atom stereocenters. The zero-order valence-corrected chi connectivity index (χ0v) is 11.7. The van der Waals surface area contributed by atoms with Crippen LogP contribution < -0.4 is 0 Å². The summed E-state index contributed by atoms with van der Waals surface area (Å²) in [6.45, 7) is 0. The van der Waals surface area contributed by atoms with Crippen LogP contribution >= 0.6 is 0 Å². The maximum absolute atomic E-state index is 12.0. The maximum atomic E-state index is 12.0. The van der Waals surface area contributed by atoms with Crippen molar-refractivity contribution in [3.8, 4) is 0 Å². The number of aldehydes is 1. The standard InChI is InChI=1S/C13H15N3O3S/c17-9-10-4-5-13-14-12(15-16(13)8-10)7-11-3-1-2-6-20(11,18)19/h4-5,8-9,11H,1-3,6-7H2. The molecular weight excluding hydrogens is 278 g/mol. The number of fused-ring (bicyclic) bond motifs is 1. The molecule has 0 radical (unpaired) electrons. The van der Waals surface area contributed by atoms with Crippen molar-refractivity contribution >= 4 is 21.8 Å². The zero-order valence-electron chi connectivity index (χ0n) is 10.9. The maximum Gasteiger partial charge on any atom is 0.155 e. The lowest BCUT2D eigenvalue weighted by molar-refractivity contribution is 0.112. The van der Waals surface area contributed by atoms with E-state index < -0.39 is 9.84 Å². The van der Waals surface area contributed by atoms with Crippen molar-refractivity contribution < 1.29 is 13.2 Å². The Labute approximate surface area is 116 Å². The summed E-state index contributed by atoms with van der Waals surface area (Å²) in [5.74, 6) is 0.781. The minimum atomic E-state index is -3.02. The molecular formula is C13H15N3O3S. The van der Waals surface area contributed by atoms with E-state index in [1.165, 1.54) is 4.52 Å². The predicted octanol–water partition coefficient (Wildman–Crippen LogP) is 1.05. The van der Waals surface area contributed by atoms with E-state index in [4.69, 9.17) is 0 Å². The molecule has 3 heterocycles. The largest absolute Gasteiger partial charge is 0.298 e. The van der Waals surface area contributed by atoms with Crippen molar-refractivity contribution in [3.05, 3.63) is 29.7 Å². The van der Waals surface area contributed by atoms with E-state index in [2.05, 4.69) is 10.1 Å². The van der Waals surface area contributed by atoms with Crippen LogP contribution in [0.5, 0.6) is 0 Å². The topological polar surface area (TPSA) is 81.4 Å². The highest BCUT2D eigenvalue weighted by Crippen LogP contribution is 2.22. The molecule has 1 atom stereocenters. The van der Waals surface area contributed by atoms with Gasteiger partial charge in [0, 0.05) is 18.2 Å². The minimum Gasteiger partial charge on any atom is -0.298 e. The van der Waals surface area contributed by atoms with Crippen molar-refractivity contribution in [1.82, 2.24) is 14.6 Å². The Morgan fingerprint density at radius 3 is 2.95 bits per heavy atom. The Hall–Kier alpha value is -1.76. The first-order valence-electron chi connectivity index (χ1n) is 6.60. The number of sulfone groups is 1. The molecule has 0 N–H and O–H groups in total. The number of hydrogen-bond donors (Lipinski definition) is 0. The molecule has 1 aliphatic rings. The third-order valence-corrected chi connectivity index (χ3v) is 5.93. The molecule has 106 valence electrons. The van der Waals surface area contributed by atoms with E-state index in [9.17, 15) is 13.2 Å². The van der Waals surface area contributed by atoms with Crippen molar-refractivity contribution in [3.63, 3.8) is 0 Å². The second kappa shape index (κ2) is 4.97. The van der Waals surface area contributed by atoms with E-state index in [1.54, 1.807) is 18.3 Å². The molecule has 6 nitrogen and oxygen atoms in total. The molecule has 0 aromatic carbocycles. The number of nitrogens with zero attached hydrogens (tertiary/aromatic N) is 3. The molecule has 1 fully saturated rings. The second-order valence-corrected chi connectivity index (χ2v) is 7.50. The summed E-state index contributed by atoms with van der Waals surface area (Å²) < 4.78 is 25.5. The smallest absolute Gasteiger partial charge is 0.155 e. The van der Waals surface area contributed by atoms with Crippen LogP contribution in [0.1, 0.15) is 35.4 Å². The normalized spacial score (nSPS) is 21.9. The van der Waals surface area contributed by atoms with Gasteiger partial charge in [0.15, 0.2) is 27.6 Å². The zero-order chi connectivity index (χ0) is 14.2. The second-order valence-electron chi connectivity index (χ2n) is 5.10. The first-order chi connectivity index (χ1) is 9.58. The summed E-state index contributed by atoms with van der Waals surface area (Å²) in [7, 11) is -3.02. The van der Waals surface area contributed by atoms with Gasteiger partial charge in [-0.3, -0.25) is 4.79 Å². The summed E-state index contributed by atoms with van der Waals surface area (Å²) in [5.41, 5.74) is 1.14. The highest BCUT2D eigenvalue weighted by atomic mass is 32.2. The van der Waals surface area contributed by atoms with E-state index in [-0.39, 0.29) is 11.0 Å². The number of aromatic nitrogens is 3. The number of rotatable bonds is 3. The lowest BCUT2D eigenvalue weighted by atomic mass is 10.1. The van der Waals surface area contributed by atoms with Gasteiger partial charge in [0.05, 0.1) is 11.0 Å². The number of hydrogen-bond acceptors (Lipinski definition) is 5. The van der Waals surface area contributed by atoms with Crippen molar-refractivity contribution in [1.29, 1.82) is 0 Å².